The first-order valence-electron chi connectivity index (χ1n) is 8.26. The van der Waals surface area contributed by atoms with Crippen LogP contribution >= 0.6 is 15.9 Å². The Morgan fingerprint density at radius 2 is 1.75 bits per heavy atom. The van der Waals surface area contributed by atoms with Gasteiger partial charge in [-0.15, -0.1) is 0 Å². The van der Waals surface area contributed by atoms with Gasteiger partial charge in [0.15, 0.2) is 0 Å². The Hall–Kier alpha value is -0.340. The fraction of sp³-hybridized carbons (Fsp3) is 0.667. The third kappa shape index (κ3) is 7.44. The standard InChI is InChI=1S/C18H30BrN/c1-3-5-6-7-8-9-13-18(20-14-4-2)16-11-10-12-17(19)15-16/h10-12,15,18,20H,3-9,13-14H2,1-2H3. The van der Waals surface area contributed by atoms with Crippen LogP contribution in [0.4, 0.5) is 0 Å². The van der Waals surface area contributed by atoms with E-state index in [9.17, 15) is 0 Å². The second kappa shape index (κ2) is 11.3. The molecule has 1 unspecified atom stereocenters. The second-order valence-electron chi connectivity index (χ2n) is 5.62. The molecule has 0 saturated heterocycles. The molecule has 0 amide bonds. The van der Waals surface area contributed by atoms with Gasteiger partial charge in [-0.25, -0.2) is 0 Å². The van der Waals surface area contributed by atoms with Gasteiger partial charge in [0.05, 0.1) is 0 Å². The van der Waals surface area contributed by atoms with E-state index in [1.54, 1.807) is 0 Å². The molecule has 1 aromatic carbocycles. The van der Waals surface area contributed by atoms with Gasteiger partial charge in [-0.1, -0.05) is 80.4 Å². The fourth-order valence-electron chi connectivity index (χ4n) is 2.56. The SMILES string of the molecule is CCCCCCCCC(NCCC)c1cccc(Br)c1. The van der Waals surface area contributed by atoms with Gasteiger partial charge in [-0.3, -0.25) is 0 Å². The molecular formula is C18H30BrN. The lowest BCUT2D eigenvalue weighted by molar-refractivity contribution is 0.466. The molecule has 20 heavy (non-hydrogen) atoms. The van der Waals surface area contributed by atoms with Gasteiger partial charge in [-0.05, 0) is 37.1 Å². The van der Waals surface area contributed by atoms with Gasteiger partial charge in [-0.2, -0.15) is 0 Å². The Balaban J connectivity index is 2.40. The quantitative estimate of drug-likeness (QED) is 0.470. The van der Waals surface area contributed by atoms with Crippen molar-refractivity contribution in [2.45, 2.75) is 71.3 Å². The molecule has 0 fully saturated rings. The molecule has 114 valence electrons. The molecule has 0 heterocycles. The van der Waals surface area contributed by atoms with E-state index >= 15 is 0 Å². The molecule has 1 nitrogen and oxygen atoms in total. The van der Waals surface area contributed by atoms with Gasteiger partial charge in [0, 0.05) is 10.5 Å². The molecule has 2 heteroatoms. The van der Waals surface area contributed by atoms with Gasteiger partial charge < -0.3 is 5.32 Å². The third-order valence-corrected chi connectivity index (χ3v) is 4.23. The highest BCUT2D eigenvalue weighted by Gasteiger charge is 2.10. The van der Waals surface area contributed by atoms with Crippen molar-refractivity contribution in [3.05, 3.63) is 34.3 Å². The number of hydrogen-bond acceptors (Lipinski definition) is 1. The van der Waals surface area contributed by atoms with E-state index in [0.717, 1.165) is 6.54 Å². The van der Waals surface area contributed by atoms with Crippen LogP contribution < -0.4 is 5.32 Å². The molecule has 0 aromatic heterocycles. The molecule has 0 spiro atoms. The second-order valence-corrected chi connectivity index (χ2v) is 6.53. The van der Waals surface area contributed by atoms with Crippen molar-refractivity contribution in [1.29, 1.82) is 0 Å². The van der Waals surface area contributed by atoms with Gasteiger partial charge in [0.2, 0.25) is 0 Å². The molecule has 0 bridgehead atoms. The maximum Gasteiger partial charge on any atom is 0.0320 e. The maximum absolute atomic E-state index is 3.69. The maximum atomic E-state index is 3.69. The van der Waals surface area contributed by atoms with Crippen molar-refractivity contribution < 1.29 is 0 Å². The average molecular weight is 340 g/mol. The summed E-state index contributed by atoms with van der Waals surface area (Å²) >= 11 is 3.58. The monoisotopic (exact) mass is 339 g/mol. The molecule has 0 radical (unpaired) electrons. The molecule has 0 saturated carbocycles. The lowest BCUT2D eigenvalue weighted by atomic mass is 9.99. The third-order valence-electron chi connectivity index (χ3n) is 3.74. The number of nitrogens with one attached hydrogen (secondary N) is 1. The lowest BCUT2D eigenvalue weighted by Crippen LogP contribution is -2.22. The largest absolute Gasteiger partial charge is 0.310 e. The first-order chi connectivity index (χ1) is 9.77. The summed E-state index contributed by atoms with van der Waals surface area (Å²) in [6.07, 6.45) is 10.7. The van der Waals surface area contributed by atoms with E-state index in [1.807, 2.05) is 0 Å². The number of halogens is 1. The van der Waals surface area contributed by atoms with Gasteiger partial charge in [0.25, 0.3) is 0 Å². The average Bonchev–Trinajstić information content (AvgIpc) is 2.45. The number of hydrogen-bond donors (Lipinski definition) is 1. The molecular weight excluding hydrogens is 310 g/mol. The van der Waals surface area contributed by atoms with Crippen LogP contribution in [0.5, 0.6) is 0 Å². The molecule has 1 aromatic rings. The van der Waals surface area contributed by atoms with Gasteiger partial charge in [0.1, 0.15) is 0 Å². The van der Waals surface area contributed by atoms with Crippen molar-refractivity contribution in [3.8, 4) is 0 Å². The fourth-order valence-corrected chi connectivity index (χ4v) is 2.97. The predicted octanol–water partition coefficient (Wildman–Crippen LogP) is 6.24. The van der Waals surface area contributed by atoms with Crippen LogP contribution in [-0.2, 0) is 0 Å². The van der Waals surface area contributed by atoms with Crippen molar-refractivity contribution >= 4 is 15.9 Å². The molecule has 1 N–H and O–H groups in total. The highest BCUT2D eigenvalue weighted by Crippen LogP contribution is 2.23. The summed E-state index contributed by atoms with van der Waals surface area (Å²) in [5.41, 5.74) is 1.42. The van der Waals surface area contributed by atoms with E-state index in [-0.39, 0.29) is 0 Å². The Morgan fingerprint density at radius 3 is 2.45 bits per heavy atom. The summed E-state index contributed by atoms with van der Waals surface area (Å²) in [5, 5.41) is 3.69. The van der Waals surface area contributed by atoms with Crippen LogP contribution in [0.15, 0.2) is 28.7 Å². The topological polar surface area (TPSA) is 12.0 Å². The number of unbranched alkanes of at least 4 members (excludes halogenated alkanes) is 5. The summed E-state index contributed by atoms with van der Waals surface area (Å²) in [7, 11) is 0. The zero-order valence-corrected chi connectivity index (χ0v) is 14.7. The van der Waals surface area contributed by atoms with Crippen LogP contribution in [0, 0.1) is 0 Å². The Labute approximate surface area is 133 Å². The van der Waals surface area contributed by atoms with E-state index in [0.29, 0.717) is 6.04 Å². The summed E-state index contributed by atoms with van der Waals surface area (Å²) in [6, 6.07) is 9.25. The summed E-state index contributed by atoms with van der Waals surface area (Å²) < 4.78 is 1.18. The van der Waals surface area contributed by atoms with E-state index in [1.165, 1.54) is 61.4 Å². The van der Waals surface area contributed by atoms with Crippen LogP contribution in [-0.4, -0.2) is 6.54 Å². The molecule has 1 atom stereocenters. The van der Waals surface area contributed by atoms with Crippen LogP contribution in [0.1, 0.15) is 76.8 Å². The summed E-state index contributed by atoms with van der Waals surface area (Å²) in [5.74, 6) is 0. The summed E-state index contributed by atoms with van der Waals surface area (Å²) in [4.78, 5) is 0. The van der Waals surface area contributed by atoms with E-state index in [2.05, 4.69) is 59.4 Å². The summed E-state index contributed by atoms with van der Waals surface area (Å²) in [6.45, 7) is 5.61. The number of rotatable bonds is 11. The molecule has 0 aliphatic heterocycles. The minimum absolute atomic E-state index is 0.513. The molecule has 1 rings (SSSR count). The van der Waals surface area contributed by atoms with Crippen LogP contribution in [0.25, 0.3) is 0 Å². The predicted molar refractivity (Wildman–Crippen MR) is 93.2 cm³/mol. The Morgan fingerprint density at radius 1 is 1.00 bits per heavy atom. The Kier molecular flexibility index (Phi) is 10.0. The van der Waals surface area contributed by atoms with Crippen LogP contribution in [0.2, 0.25) is 0 Å². The zero-order chi connectivity index (χ0) is 14.6. The number of benzene rings is 1. The van der Waals surface area contributed by atoms with Crippen LogP contribution in [0.3, 0.4) is 0 Å². The molecule has 0 aliphatic carbocycles. The highest BCUT2D eigenvalue weighted by atomic mass is 79.9. The van der Waals surface area contributed by atoms with Crippen molar-refractivity contribution in [1.82, 2.24) is 5.32 Å². The smallest absolute Gasteiger partial charge is 0.0320 e. The first-order valence-corrected chi connectivity index (χ1v) is 9.06. The Bertz CT molecular complexity index is 351. The van der Waals surface area contributed by atoms with Crippen molar-refractivity contribution in [2.24, 2.45) is 0 Å². The van der Waals surface area contributed by atoms with Gasteiger partial charge >= 0.3 is 0 Å². The molecule has 0 aliphatic rings. The minimum Gasteiger partial charge on any atom is -0.310 e. The zero-order valence-electron chi connectivity index (χ0n) is 13.1. The highest BCUT2D eigenvalue weighted by molar-refractivity contribution is 9.10. The van der Waals surface area contributed by atoms with E-state index < -0.39 is 0 Å². The minimum atomic E-state index is 0.513. The normalized spacial score (nSPS) is 12.6. The lowest BCUT2D eigenvalue weighted by Gasteiger charge is -2.19. The van der Waals surface area contributed by atoms with Crippen molar-refractivity contribution in [2.75, 3.05) is 6.54 Å². The first kappa shape index (κ1) is 17.7. The van der Waals surface area contributed by atoms with Crippen molar-refractivity contribution in [3.63, 3.8) is 0 Å². The van der Waals surface area contributed by atoms with E-state index in [4.69, 9.17) is 0 Å².